The third kappa shape index (κ3) is 3.13. The number of phenols is 3. The van der Waals surface area contributed by atoms with Crippen LogP contribution in [0.25, 0.3) is 0 Å². The zero-order valence-electron chi connectivity index (χ0n) is 15.5. The van der Waals surface area contributed by atoms with Crippen molar-refractivity contribution < 1.29 is 15.3 Å². The van der Waals surface area contributed by atoms with Crippen molar-refractivity contribution in [2.45, 2.75) is 33.6 Å². The highest BCUT2D eigenvalue weighted by molar-refractivity contribution is 5.55. The van der Waals surface area contributed by atoms with E-state index < -0.39 is 0 Å². The zero-order chi connectivity index (χ0) is 19.0. The highest BCUT2D eigenvalue weighted by Crippen LogP contribution is 2.41. The molecule has 134 valence electrons. The van der Waals surface area contributed by atoms with Gasteiger partial charge in [0.05, 0.1) is 0 Å². The maximum atomic E-state index is 10.5. The molecule has 0 bridgehead atoms. The smallest absolute Gasteiger partial charge is 0.121 e. The second-order valence-corrected chi connectivity index (χ2v) is 6.99. The molecule has 0 heterocycles. The van der Waals surface area contributed by atoms with E-state index >= 15 is 0 Å². The van der Waals surface area contributed by atoms with Gasteiger partial charge in [0.15, 0.2) is 0 Å². The van der Waals surface area contributed by atoms with E-state index in [1.165, 1.54) is 0 Å². The molecule has 26 heavy (non-hydrogen) atoms. The molecular formula is C23H24O3. The Labute approximate surface area is 154 Å². The van der Waals surface area contributed by atoms with Crippen molar-refractivity contribution in [2.75, 3.05) is 0 Å². The lowest BCUT2D eigenvalue weighted by Gasteiger charge is -2.24. The van der Waals surface area contributed by atoms with Crippen LogP contribution in [0.3, 0.4) is 0 Å². The van der Waals surface area contributed by atoms with Crippen LogP contribution in [0.4, 0.5) is 0 Å². The standard InChI is InChI=1S/C23H24O3/c1-13-12-21(25)14(2)11-19(13)22(18-7-5-6-8-20(18)24)17-9-15(3)23(26)16(4)10-17/h5-12,22,24-26H,1-4H3. The molecule has 3 rings (SSSR count). The number of aryl methyl sites for hydroxylation is 4. The van der Waals surface area contributed by atoms with E-state index in [9.17, 15) is 15.3 Å². The molecule has 0 aliphatic rings. The van der Waals surface area contributed by atoms with Crippen molar-refractivity contribution in [1.82, 2.24) is 0 Å². The van der Waals surface area contributed by atoms with Gasteiger partial charge in [0.2, 0.25) is 0 Å². The van der Waals surface area contributed by atoms with Gasteiger partial charge in [-0.2, -0.15) is 0 Å². The number of para-hydroxylation sites is 1. The highest BCUT2D eigenvalue weighted by Gasteiger charge is 2.23. The number of benzene rings is 3. The van der Waals surface area contributed by atoms with Crippen LogP contribution in [-0.4, -0.2) is 15.3 Å². The predicted molar refractivity (Wildman–Crippen MR) is 104 cm³/mol. The molecule has 3 aromatic carbocycles. The molecule has 1 unspecified atom stereocenters. The molecule has 0 fully saturated rings. The number of phenolic OH excluding ortho intramolecular Hbond substituents is 3. The van der Waals surface area contributed by atoms with Crippen LogP contribution in [0.5, 0.6) is 17.2 Å². The zero-order valence-corrected chi connectivity index (χ0v) is 15.5. The minimum atomic E-state index is -0.200. The van der Waals surface area contributed by atoms with E-state index in [1.54, 1.807) is 18.2 Å². The molecule has 1 atom stereocenters. The van der Waals surface area contributed by atoms with E-state index in [-0.39, 0.29) is 17.4 Å². The normalized spacial score (nSPS) is 12.2. The first-order chi connectivity index (χ1) is 12.3. The average Bonchev–Trinajstić information content (AvgIpc) is 2.59. The lowest BCUT2D eigenvalue weighted by molar-refractivity contribution is 0.465. The van der Waals surface area contributed by atoms with Gasteiger partial charge in [-0.05, 0) is 73.2 Å². The number of aromatic hydroxyl groups is 3. The summed E-state index contributed by atoms with van der Waals surface area (Å²) in [5.41, 5.74) is 6.15. The summed E-state index contributed by atoms with van der Waals surface area (Å²) < 4.78 is 0. The lowest BCUT2D eigenvalue weighted by atomic mass is 9.81. The first kappa shape index (κ1) is 17.9. The van der Waals surface area contributed by atoms with Gasteiger partial charge in [-0.25, -0.2) is 0 Å². The van der Waals surface area contributed by atoms with Crippen molar-refractivity contribution >= 4 is 0 Å². The van der Waals surface area contributed by atoms with Crippen LogP contribution >= 0.6 is 0 Å². The van der Waals surface area contributed by atoms with Crippen LogP contribution in [0.2, 0.25) is 0 Å². The molecule has 0 aromatic heterocycles. The van der Waals surface area contributed by atoms with Crippen molar-refractivity contribution in [1.29, 1.82) is 0 Å². The maximum absolute atomic E-state index is 10.5. The van der Waals surface area contributed by atoms with E-state index in [0.717, 1.165) is 38.9 Å². The topological polar surface area (TPSA) is 60.7 Å². The number of rotatable bonds is 3. The summed E-state index contributed by atoms with van der Waals surface area (Å²) in [5, 5.41) is 30.7. The highest BCUT2D eigenvalue weighted by atomic mass is 16.3. The first-order valence-electron chi connectivity index (χ1n) is 8.67. The minimum Gasteiger partial charge on any atom is -0.508 e. The monoisotopic (exact) mass is 348 g/mol. The second-order valence-electron chi connectivity index (χ2n) is 6.99. The molecule has 0 amide bonds. The average molecular weight is 348 g/mol. The number of hydrogen-bond acceptors (Lipinski definition) is 3. The quantitative estimate of drug-likeness (QED) is 0.569. The van der Waals surface area contributed by atoms with Gasteiger partial charge in [-0.1, -0.05) is 36.4 Å². The Kier molecular flexibility index (Phi) is 4.64. The minimum absolute atomic E-state index is 0.200. The van der Waals surface area contributed by atoms with Crippen LogP contribution in [-0.2, 0) is 0 Å². The Morgan fingerprint density at radius 2 is 1.23 bits per heavy atom. The molecular weight excluding hydrogens is 324 g/mol. The Morgan fingerprint density at radius 1 is 0.615 bits per heavy atom. The van der Waals surface area contributed by atoms with Crippen LogP contribution in [0.15, 0.2) is 48.5 Å². The second kappa shape index (κ2) is 6.75. The van der Waals surface area contributed by atoms with Crippen molar-refractivity contribution in [3.63, 3.8) is 0 Å². The van der Waals surface area contributed by atoms with Gasteiger partial charge in [0, 0.05) is 11.5 Å². The SMILES string of the molecule is Cc1cc(C(c2cc(C)c(O)c(C)c2)c2ccccc2O)c(C)cc1O. The molecule has 0 spiro atoms. The fraction of sp³-hybridized carbons (Fsp3) is 0.217. The summed E-state index contributed by atoms with van der Waals surface area (Å²) in [6.45, 7) is 7.58. The molecule has 0 aliphatic carbocycles. The van der Waals surface area contributed by atoms with Gasteiger partial charge in [-0.15, -0.1) is 0 Å². The van der Waals surface area contributed by atoms with Gasteiger partial charge in [0.25, 0.3) is 0 Å². The molecule has 3 heteroatoms. The Morgan fingerprint density at radius 3 is 1.85 bits per heavy atom. The molecule has 0 saturated heterocycles. The van der Waals surface area contributed by atoms with Crippen molar-refractivity contribution in [3.05, 3.63) is 87.5 Å². The Hall–Kier alpha value is -2.94. The van der Waals surface area contributed by atoms with Gasteiger partial charge < -0.3 is 15.3 Å². The van der Waals surface area contributed by atoms with E-state index in [2.05, 4.69) is 0 Å². The molecule has 0 aliphatic heterocycles. The van der Waals surface area contributed by atoms with Gasteiger partial charge >= 0.3 is 0 Å². The van der Waals surface area contributed by atoms with E-state index in [1.807, 2.05) is 58.0 Å². The van der Waals surface area contributed by atoms with E-state index in [4.69, 9.17) is 0 Å². The third-order valence-corrected chi connectivity index (χ3v) is 4.99. The molecule has 3 nitrogen and oxygen atoms in total. The largest absolute Gasteiger partial charge is 0.508 e. The molecule has 0 radical (unpaired) electrons. The summed E-state index contributed by atoms with van der Waals surface area (Å²) in [6, 6.07) is 15.0. The fourth-order valence-corrected chi connectivity index (χ4v) is 3.55. The van der Waals surface area contributed by atoms with Crippen molar-refractivity contribution in [2.24, 2.45) is 0 Å². The van der Waals surface area contributed by atoms with Crippen molar-refractivity contribution in [3.8, 4) is 17.2 Å². The Bertz CT molecular complexity index is 950. The van der Waals surface area contributed by atoms with Gasteiger partial charge in [-0.3, -0.25) is 0 Å². The molecule has 0 saturated carbocycles. The first-order valence-corrected chi connectivity index (χ1v) is 8.67. The number of hydrogen-bond donors (Lipinski definition) is 3. The summed E-state index contributed by atoms with van der Waals surface area (Å²) in [4.78, 5) is 0. The molecule has 3 N–H and O–H groups in total. The van der Waals surface area contributed by atoms with Crippen LogP contribution in [0, 0.1) is 27.7 Å². The van der Waals surface area contributed by atoms with Crippen LogP contribution in [0.1, 0.15) is 44.9 Å². The summed E-state index contributed by atoms with van der Waals surface area (Å²) in [5.74, 6) is 0.586. The third-order valence-electron chi connectivity index (χ3n) is 4.99. The Balaban J connectivity index is 2.32. The van der Waals surface area contributed by atoms with Crippen LogP contribution < -0.4 is 0 Å². The van der Waals surface area contributed by atoms with Gasteiger partial charge in [0.1, 0.15) is 17.2 Å². The summed E-state index contributed by atoms with van der Waals surface area (Å²) >= 11 is 0. The van der Waals surface area contributed by atoms with E-state index in [0.29, 0.717) is 5.75 Å². The summed E-state index contributed by atoms with van der Waals surface area (Å²) in [6.07, 6.45) is 0. The fourth-order valence-electron chi connectivity index (χ4n) is 3.55. The molecule has 3 aromatic rings. The predicted octanol–water partition coefficient (Wildman–Crippen LogP) is 5.22. The summed E-state index contributed by atoms with van der Waals surface area (Å²) in [7, 11) is 0. The lowest BCUT2D eigenvalue weighted by Crippen LogP contribution is -2.07. The maximum Gasteiger partial charge on any atom is 0.121 e.